The monoisotopic (exact) mass is 404 g/mol. The first kappa shape index (κ1) is 22.5. The summed E-state index contributed by atoms with van der Waals surface area (Å²) in [6.07, 6.45) is 0.743. The summed E-state index contributed by atoms with van der Waals surface area (Å²) in [6, 6.07) is 7.53. The van der Waals surface area contributed by atoms with E-state index in [4.69, 9.17) is 4.74 Å². The third-order valence-corrected chi connectivity index (χ3v) is 4.57. The van der Waals surface area contributed by atoms with Gasteiger partial charge >= 0.3 is 6.09 Å². The van der Waals surface area contributed by atoms with Crippen molar-refractivity contribution in [2.24, 2.45) is 0 Å². The number of carbonyl (C=O) groups excluding carboxylic acids is 3. The first-order valence-electron chi connectivity index (χ1n) is 9.88. The van der Waals surface area contributed by atoms with E-state index < -0.39 is 11.7 Å². The zero-order valence-corrected chi connectivity index (χ0v) is 17.9. The summed E-state index contributed by atoms with van der Waals surface area (Å²) >= 11 is 0. The topological polar surface area (TPSA) is 91.0 Å². The van der Waals surface area contributed by atoms with E-state index in [0.717, 1.165) is 5.69 Å². The second-order valence-electron chi connectivity index (χ2n) is 8.43. The number of piperidine rings is 1. The fraction of sp³-hybridized carbons (Fsp3) is 0.571. The van der Waals surface area contributed by atoms with E-state index in [2.05, 4.69) is 10.6 Å². The van der Waals surface area contributed by atoms with Gasteiger partial charge in [0.15, 0.2) is 0 Å². The predicted molar refractivity (Wildman–Crippen MR) is 112 cm³/mol. The number of hydrogen-bond acceptors (Lipinski definition) is 5. The van der Waals surface area contributed by atoms with Gasteiger partial charge in [-0.1, -0.05) is 0 Å². The molecule has 0 spiro atoms. The minimum absolute atomic E-state index is 0.00618. The lowest BCUT2D eigenvalue weighted by molar-refractivity contribution is -0.121. The second kappa shape index (κ2) is 9.62. The Balaban J connectivity index is 1.75. The van der Waals surface area contributed by atoms with Crippen molar-refractivity contribution in [3.63, 3.8) is 0 Å². The number of nitrogens with zero attached hydrogens (tertiary/aromatic N) is 2. The van der Waals surface area contributed by atoms with E-state index in [9.17, 15) is 14.4 Å². The average molecular weight is 405 g/mol. The minimum Gasteiger partial charge on any atom is -0.444 e. The number of likely N-dealkylation sites (tertiary alicyclic amines) is 1. The molecular formula is C21H32N4O4. The molecule has 0 atom stereocenters. The van der Waals surface area contributed by atoms with Crippen LogP contribution >= 0.6 is 0 Å². The first-order valence-corrected chi connectivity index (χ1v) is 9.88. The lowest BCUT2D eigenvalue weighted by atomic mass is 10.0. The molecule has 1 aromatic carbocycles. The summed E-state index contributed by atoms with van der Waals surface area (Å²) in [6.45, 7) is 6.32. The molecule has 1 aliphatic rings. The summed E-state index contributed by atoms with van der Waals surface area (Å²) in [7, 11) is 3.91. The normalized spacial score (nSPS) is 14.9. The average Bonchev–Trinajstić information content (AvgIpc) is 2.65. The van der Waals surface area contributed by atoms with E-state index in [1.165, 1.54) is 0 Å². The van der Waals surface area contributed by atoms with Crippen LogP contribution in [0.5, 0.6) is 0 Å². The van der Waals surface area contributed by atoms with Crippen LogP contribution in [-0.2, 0) is 9.53 Å². The highest BCUT2D eigenvalue weighted by Gasteiger charge is 2.25. The van der Waals surface area contributed by atoms with Crippen molar-refractivity contribution in [2.45, 2.75) is 45.3 Å². The smallest absolute Gasteiger partial charge is 0.408 e. The number of alkyl carbamates (subject to hydrolysis) is 1. The van der Waals surface area contributed by atoms with Crippen LogP contribution in [0.15, 0.2) is 24.3 Å². The molecule has 8 heteroatoms. The van der Waals surface area contributed by atoms with Gasteiger partial charge in [-0.15, -0.1) is 0 Å². The van der Waals surface area contributed by atoms with Gasteiger partial charge in [0.1, 0.15) is 12.1 Å². The third kappa shape index (κ3) is 7.29. The Hall–Kier alpha value is -2.77. The van der Waals surface area contributed by atoms with Crippen molar-refractivity contribution in [1.29, 1.82) is 0 Å². The maximum absolute atomic E-state index is 12.7. The minimum atomic E-state index is -0.617. The quantitative estimate of drug-likeness (QED) is 0.783. The molecular weight excluding hydrogens is 372 g/mol. The van der Waals surface area contributed by atoms with Crippen molar-refractivity contribution >= 4 is 23.6 Å². The molecule has 1 saturated heterocycles. The highest BCUT2D eigenvalue weighted by Crippen LogP contribution is 2.17. The summed E-state index contributed by atoms with van der Waals surface area (Å²) in [5.74, 6) is -0.258. The van der Waals surface area contributed by atoms with Gasteiger partial charge in [0.25, 0.3) is 5.91 Å². The van der Waals surface area contributed by atoms with Gasteiger partial charge in [-0.3, -0.25) is 9.59 Å². The number of hydrogen-bond donors (Lipinski definition) is 2. The summed E-state index contributed by atoms with van der Waals surface area (Å²) in [5, 5.41) is 5.35. The van der Waals surface area contributed by atoms with Crippen LogP contribution in [0.4, 0.5) is 10.5 Å². The molecule has 1 heterocycles. The van der Waals surface area contributed by atoms with Gasteiger partial charge in [0.2, 0.25) is 5.91 Å². The Kier molecular flexibility index (Phi) is 7.47. The Labute approximate surface area is 172 Å². The fourth-order valence-corrected chi connectivity index (χ4v) is 3.06. The Morgan fingerprint density at radius 3 is 2.21 bits per heavy atom. The Bertz CT molecular complexity index is 717. The molecule has 160 valence electrons. The molecule has 0 unspecified atom stereocenters. The van der Waals surface area contributed by atoms with Gasteiger partial charge in [-0.25, -0.2) is 4.79 Å². The van der Waals surface area contributed by atoms with Crippen LogP contribution in [0, 0.1) is 0 Å². The largest absolute Gasteiger partial charge is 0.444 e. The van der Waals surface area contributed by atoms with Crippen molar-refractivity contribution in [3.8, 4) is 0 Å². The predicted octanol–water partition coefficient (Wildman–Crippen LogP) is 2.00. The van der Waals surface area contributed by atoms with Crippen LogP contribution < -0.4 is 15.5 Å². The summed E-state index contributed by atoms with van der Waals surface area (Å²) in [4.78, 5) is 40.1. The van der Waals surface area contributed by atoms with E-state index in [-0.39, 0.29) is 24.4 Å². The molecule has 1 aromatic rings. The van der Waals surface area contributed by atoms with Crippen molar-refractivity contribution < 1.29 is 19.1 Å². The fourth-order valence-electron chi connectivity index (χ4n) is 3.06. The number of nitrogens with one attached hydrogen (secondary N) is 2. The standard InChI is InChI=1S/C21H32N4O4/c1-21(2,3)29-20(28)22-14-18(26)23-16-10-12-25(13-11-16)19(27)15-6-8-17(9-7-15)24(4)5/h6-9,16H,10-14H2,1-5H3,(H,22,28)(H,23,26). The van der Waals surface area contributed by atoms with Crippen LogP contribution in [0.3, 0.4) is 0 Å². The van der Waals surface area contributed by atoms with Gasteiger partial charge in [0, 0.05) is 44.5 Å². The van der Waals surface area contributed by atoms with Crippen molar-refractivity contribution in [2.75, 3.05) is 38.6 Å². The molecule has 2 N–H and O–H groups in total. The number of rotatable bonds is 5. The maximum Gasteiger partial charge on any atom is 0.408 e. The van der Waals surface area contributed by atoms with Crippen LogP contribution in [0.2, 0.25) is 0 Å². The van der Waals surface area contributed by atoms with Gasteiger partial charge in [0.05, 0.1) is 0 Å². The lowest BCUT2D eigenvalue weighted by Crippen LogP contribution is -2.49. The van der Waals surface area contributed by atoms with E-state index in [0.29, 0.717) is 31.5 Å². The first-order chi connectivity index (χ1) is 13.5. The highest BCUT2D eigenvalue weighted by molar-refractivity contribution is 5.94. The van der Waals surface area contributed by atoms with Crippen LogP contribution in [-0.4, -0.2) is 68.2 Å². The Morgan fingerprint density at radius 2 is 1.69 bits per heavy atom. The summed E-state index contributed by atoms with van der Waals surface area (Å²) in [5.41, 5.74) is 1.11. The number of amides is 3. The van der Waals surface area contributed by atoms with Crippen LogP contribution in [0.1, 0.15) is 44.0 Å². The number of carbonyl (C=O) groups is 3. The second-order valence-corrected chi connectivity index (χ2v) is 8.43. The summed E-state index contributed by atoms with van der Waals surface area (Å²) < 4.78 is 5.10. The van der Waals surface area contributed by atoms with Crippen LogP contribution in [0.25, 0.3) is 0 Å². The molecule has 0 bridgehead atoms. The molecule has 1 fully saturated rings. The molecule has 0 aromatic heterocycles. The molecule has 0 radical (unpaired) electrons. The van der Waals surface area contributed by atoms with Crippen molar-refractivity contribution in [1.82, 2.24) is 15.5 Å². The van der Waals surface area contributed by atoms with E-state index in [1.807, 2.05) is 48.2 Å². The number of ether oxygens (including phenoxy) is 1. The number of benzene rings is 1. The Morgan fingerprint density at radius 1 is 1.10 bits per heavy atom. The number of anilines is 1. The van der Waals surface area contributed by atoms with Gasteiger partial charge < -0.3 is 25.2 Å². The molecule has 3 amide bonds. The SMILES string of the molecule is CN(C)c1ccc(C(=O)N2CCC(NC(=O)CNC(=O)OC(C)(C)C)CC2)cc1. The molecule has 29 heavy (non-hydrogen) atoms. The highest BCUT2D eigenvalue weighted by atomic mass is 16.6. The molecule has 0 saturated carbocycles. The lowest BCUT2D eigenvalue weighted by Gasteiger charge is -2.32. The third-order valence-electron chi connectivity index (χ3n) is 4.57. The molecule has 1 aliphatic heterocycles. The van der Waals surface area contributed by atoms with E-state index in [1.54, 1.807) is 20.8 Å². The molecule has 2 rings (SSSR count). The zero-order chi connectivity index (χ0) is 21.6. The van der Waals surface area contributed by atoms with Gasteiger partial charge in [-0.05, 0) is 57.9 Å². The van der Waals surface area contributed by atoms with E-state index >= 15 is 0 Å². The molecule has 8 nitrogen and oxygen atoms in total. The molecule has 0 aliphatic carbocycles. The maximum atomic E-state index is 12.7. The van der Waals surface area contributed by atoms with Gasteiger partial charge in [-0.2, -0.15) is 0 Å². The van der Waals surface area contributed by atoms with Crippen molar-refractivity contribution in [3.05, 3.63) is 29.8 Å². The zero-order valence-electron chi connectivity index (χ0n) is 17.9.